The van der Waals surface area contributed by atoms with Crippen LogP contribution in [0.5, 0.6) is 0 Å². The molecule has 0 spiro atoms. The van der Waals surface area contributed by atoms with E-state index in [2.05, 4.69) is 13.8 Å². The van der Waals surface area contributed by atoms with Crippen LogP contribution < -0.4 is 10.0 Å². The Bertz CT molecular complexity index is 694. The SMILES string of the molecule is CC1(C)CC1C(=O)N1CCc2cc(S(N)(=O)=O)ccc21. The van der Waals surface area contributed by atoms with Crippen molar-refractivity contribution in [2.45, 2.75) is 31.6 Å². The molecule has 1 heterocycles. The summed E-state index contributed by atoms with van der Waals surface area (Å²) in [6, 6.07) is 4.74. The van der Waals surface area contributed by atoms with Crippen LogP contribution >= 0.6 is 0 Å². The summed E-state index contributed by atoms with van der Waals surface area (Å²) < 4.78 is 22.7. The van der Waals surface area contributed by atoms with Gasteiger partial charge in [0.15, 0.2) is 0 Å². The lowest BCUT2D eigenvalue weighted by atomic mass is 10.1. The molecule has 1 saturated carbocycles. The molecule has 1 unspecified atom stereocenters. The van der Waals surface area contributed by atoms with Crippen molar-refractivity contribution in [3.63, 3.8) is 0 Å². The first-order chi connectivity index (χ1) is 9.20. The maximum absolute atomic E-state index is 12.5. The number of fused-ring (bicyclic) bond motifs is 1. The highest BCUT2D eigenvalue weighted by molar-refractivity contribution is 7.89. The predicted molar refractivity (Wildman–Crippen MR) is 75.8 cm³/mol. The first-order valence-electron chi connectivity index (χ1n) is 6.67. The number of nitrogens with two attached hydrogens (primary N) is 1. The fourth-order valence-corrected chi connectivity index (χ4v) is 3.43. The third-order valence-electron chi connectivity index (χ3n) is 4.35. The monoisotopic (exact) mass is 294 g/mol. The first kappa shape index (κ1) is 13.6. The van der Waals surface area contributed by atoms with Gasteiger partial charge in [-0.3, -0.25) is 4.79 Å². The molecule has 3 rings (SSSR count). The molecule has 1 aromatic carbocycles. The summed E-state index contributed by atoms with van der Waals surface area (Å²) in [5.74, 6) is 0.239. The highest BCUT2D eigenvalue weighted by atomic mass is 32.2. The number of carbonyl (C=O) groups is 1. The van der Waals surface area contributed by atoms with Crippen LogP contribution in [0.3, 0.4) is 0 Å². The summed E-state index contributed by atoms with van der Waals surface area (Å²) in [5, 5.41) is 5.13. The van der Waals surface area contributed by atoms with E-state index in [1.807, 2.05) is 0 Å². The van der Waals surface area contributed by atoms with Crippen molar-refractivity contribution < 1.29 is 13.2 Å². The highest BCUT2D eigenvalue weighted by Gasteiger charge is 2.52. The Morgan fingerprint density at radius 1 is 1.40 bits per heavy atom. The second-order valence-corrected chi connectivity index (χ2v) is 7.88. The van der Waals surface area contributed by atoms with Crippen LogP contribution in [0.4, 0.5) is 5.69 Å². The van der Waals surface area contributed by atoms with E-state index in [0.717, 1.165) is 17.7 Å². The number of anilines is 1. The van der Waals surface area contributed by atoms with E-state index >= 15 is 0 Å². The summed E-state index contributed by atoms with van der Waals surface area (Å²) in [6.45, 7) is 4.81. The average molecular weight is 294 g/mol. The molecule has 0 saturated heterocycles. The lowest BCUT2D eigenvalue weighted by Gasteiger charge is -2.18. The molecular weight excluding hydrogens is 276 g/mol. The van der Waals surface area contributed by atoms with Crippen LogP contribution in [0.1, 0.15) is 25.8 Å². The van der Waals surface area contributed by atoms with E-state index in [0.29, 0.717) is 13.0 Å². The molecule has 1 atom stereocenters. The number of amides is 1. The summed E-state index contributed by atoms with van der Waals surface area (Å²) in [6.07, 6.45) is 1.60. The summed E-state index contributed by atoms with van der Waals surface area (Å²) >= 11 is 0. The molecule has 0 aromatic heterocycles. The molecular formula is C14H18N2O3S. The lowest BCUT2D eigenvalue weighted by Crippen LogP contribution is -2.31. The number of benzene rings is 1. The molecule has 1 fully saturated rings. The summed E-state index contributed by atoms with van der Waals surface area (Å²) in [5.41, 5.74) is 1.80. The quantitative estimate of drug-likeness (QED) is 0.892. The second kappa shape index (κ2) is 4.05. The molecule has 2 N–H and O–H groups in total. The fourth-order valence-electron chi connectivity index (χ4n) is 2.86. The molecule has 5 nitrogen and oxygen atoms in total. The zero-order valence-corrected chi connectivity index (χ0v) is 12.4. The number of carbonyl (C=O) groups excluding carboxylic acids is 1. The predicted octanol–water partition coefficient (Wildman–Crippen LogP) is 1.27. The molecule has 6 heteroatoms. The third kappa shape index (κ3) is 2.13. The Balaban J connectivity index is 1.90. The highest BCUT2D eigenvalue weighted by Crippen LogP contribution is 2.53. The van der Waals surface area contributed by atoms with E-state index in [-0.39, 0.29) is 22.1 Å². The minimum atomic E-state index is -3.69. The maximum Gasteiger partial charge on any atom is 0.238 e. The van der Waals surface area contributed by atoms with Gasteiger partial charge in [-0.2, -0.15) is 0 Å². The van der Waals surface area contributed by atoms with Crippen molar-refractivity contribution in [1.29, 1.82) is 0 Å². The molecule has 1 aromatic rings. The number of nitrogens with zero attached hydrogens (tertiary/aromatic N) is 1. The molecule has 2 aliphatic rings. The van der Waals surface area contributed by atoms with E-state index in [1.54, 1.807) is 17.0 Å². The molecule has 1 aliphatic heterocycles. The smallest absolute Gasteiger partial charge is 0.238 e. The van der Waals surface area contributed by atoms with Crippen molar-refractivity contribution in [3.05, 3.63) is 23.8 Å². The molecule has 20 heavy (non-hydrogen) atoms. The Labute approximate surface area is 118 Å². The number of hydrogen-bond donors (Lipinski definition) is 1. The lowest BCUT2D eigenvalue weighted by molar-refractivity contribution is -0.120. The van der Waals surface area contributed by atoms with Crippen LogP contribution in [0, 0.1) is 11.3 Å². The van der Waals surface area contributed by atoms with Crippen molar-refractivity contribution >= 4 is 21.6 Å². The largest absolute Gasteiger partial charge is 0.312 e. The third-order valence-corrected chi connectivity index (χ3v) is 5.26. The minimum absolute atomic E-state index is 0.0892. The van der Waals surface area contributed by atoms with Crippen molar-refractivity contribution in [1.82, 2.24) is 0 Å². The van der Waals surface area contributed by atoms with E-state index in [9.17, 15) is 13.2 Å². The van der Waals surface area contributed by atoms with Gasteiger partial charge in [0.25, 0.3) is 0 Å². The molecule has 0 bridgehead atoms. The van der Waals surface area contributed by atoms with Crippen LogP contribution in [0.15, 0.2) is 23.1 Å². The van der Waals surface area contributed by atoms with E-state index < -0.39 is 10.0 Å². The zero-order chi connectivity index (χ0) is 14.7. The van der Waals surface area contributed by atoms with Gasteiger partial charge in [0, 0.05) is 18.2 Å². The topological polar surface area (TPSA) is 80.5 Å². The van der Waals surface area contributed by atoms with Crippen LogP contribution in [0.2, 0.25) is 0 Å². The maximum atomic E-state index is 12.5. The van der Waals surface area contributed by atoms with Gasteiger partial charge < -0.3 is 4.90 Å². The van der Waals surface area contributed by atoms with Crippen molar-refractivity contribution in [3.8, 4) is 0 Å². The number of sulfonamides is 1. The average Bonchev–Trinajstić information content (AvgIpc) is 2.82. The summed E-state index contributed by atoms with van der Waals surface area (Å²) in [7, 11) is -3.69. The van der Waals surface area contributed by atoms with Gasteiger partial charge in [0.1, 0.15) is 0 Å². The Morgan fingerprint density at radius 2 is 2.05 bits per heavy atom. The van der Waals surface area contributed by atoms with Gasteiger partial charge in [0.05, 0.1) is 4.90 Å². The Hall–Kier alpha value is -1.40. The van der Waals surface area contributed by atoms with Crippen LogP contribution in [-0.4, -0.2) is 20.9 Å². The van der Waals surface area contributed by atoms with Gasteiger partial charge in [-0.25, -0.2) is 13.6 Å². The van der Waals surface area contributed by atoms with Gasteiger partial charge in [-0.05, 0) is 42.0 Å². The zero-order valence-electron chi connectivity index (χ0n) is 11.6. The van der Waals surface area contributed by atoms with Gasteiger partial charge in [-0.15, -0.1) is 0 Å². The van der Waals surface area contributed by atoms with Gasteiger partial charge in [-0.1, -0.05) is 13.8 Å². The normalized spacial score (nSPS) is 23.6. The molecule has 1 aliphatic carbocycles. The number of rotatable bonds is 2. The first-order valence-corrected chi connectivity index (χ1v) is 8.22. The van der Waals surface area contributed by atoms with Crippen LogP contribution in [0.25, 0.3) is 0 Å². The molecule has 1 amide bonds. The van der Waals surface area contributed by atoms with Crippen molar-refractivity contribution in [2.24, 2.45) is 16.5 Å². The Morgan fingerprint density at radius 3 is 2.60 bits per heavy atom. The van der Waals surface area contributed by atoms with E-state index in [4.69, 9.17) is 5.14 Å². The Kier molecular flexibility index (Phi) is 2.75. The molecule has 108 valence electrons. The second-order valence-electron chi connectivity index (χ2n) is 6.32. The molecule has 0 radical (unpaired) electrons. The van der Waals surface area contributed by atoms with Gasteiger partial charge >= 0.3 is 0 Å². The standard InChI is InChI=1S/C14H18N2O3S/c1-14(2)8-11(14)13(17)16-6-5-9-7-10(20(15,18)19)3-4-12(9)16/h3-4,7,11H,5-6,8H2,1-2H3,(H2,15,18,19). The van der Waals surface area contributed by atoms with E-state index in [1.165, 1.54) is 6.07 Å². The van der Waals surface area contributed by atoms with Gasteiger partial charge in [0.2, 0.25) is 15.9 Å². The number of primary sulfonamides is 1. The number of hydrogen-bond acceptors (Lipinski definition) is 3. The van der Waals surface area contributed by atoms with Crippen molar-refractivity contribution in [2.75, 3.05) is 11.4 Å². The summed E-state index contributed by atoms with van der Waals surface area (Å²) in [4.78, 5) is 14.3. The fraction of sp³-hybridized carbons (Fsp3) is 0.500. The minimum Gasteiger partial charge on any atom is -0.312 e. The van der Waals surface area contributed by atoms with Crippen LogP contribution in [-0.2, 0) is 21.2 Å².